The Balaban J connectivity index is 0.00000154. The predicted octanol–water partition coefficient (Wildman–Crippen LogP) is 2.16. The van der Waals surface area contributed by atoms with E-state index < -0.39 is 5.60 Å². The van der Waals surface area contributed by atoms with Crippen molar-refractivity contribution >= 4 is 11.9 Å². The molecule has 0 unspecified atom stereocenters. The zero-order valence-electron chi connectivity index (χ0n) is 19.7. The van der Waals surface area contributed by atoms with Gasteiger partial charge in [0.25, 0.3) is 0 Å². The van der Waals surface area contributed by atoms with Gasteiger partial charge in [-0.3, -0.25) is 4.79 Å². The minimum absolute atomic E-state index is 0. The van der Waals surface area contributed by atoms with Gasteiger partial charge in [-0.25, -0.2) is 4.79 Å². The maximum Gasteiger partial charge on any atom is 1.00 e. The Kier molecular flexibility index (Phi) is 12.9. The fourth-order valence-electron chi connectivity index (χ4n) is 2.95. The molecule has 0 atom stereocenters. The zero-order chi connectivity index (χ0) is 22.0. The maximum atomic E-state index is 12.9. The third-order valence-electron chi connectivity index (χ3n) is 4.54. The number of para-hydroxylation sites is 1. The molecule has 0 aliphatic carbocycles. The van der Waals surface area contributed by atoms with Crippen molar-refractivity contribution in [3.8, 4) is 11.5 Å². The number of ether oxygens (including phenoxy) is 3. The van der Waals surface area contributed by atoms with E-state index in [0.29, 0.717) is 43.0 Å². The summed E-state index contributed by atoms with van der Waals surface area (Å²) in [5, 5.41) is 0. The van der Waals surface area contributed by atoms with Crippen LogP contribution >= 0.6 is 0 Å². The number of hydrogen-bond acceptors (Lipinski definition) is 5. The van der Waals surface area contributed by atoms with Gasteiger partial charge >= 0.3 is 25.0 Å². The van der Waals surface area contributed by atoms with Gasteiger partial charge in [-0.2, -0.15) is 6.42 Å². The molecular formula is C23H36LiNO5. The fraction of sp³-hybridized carbons (Fsp3) is 0.609. The molecule has 0 aromatic heterocycles. The third-order valence-corrected chi connectivity index (χ3v) is 4.54. The first-order chi connectivity index (χ1) is 13.7. The van der Waals surface area contributed by atoms with E-state index in [0.717, 1.165) is 6.42 Å². The Labute approximate surface area is 193 Å². The second kappa shape index (κ2) is 13.6. The van der Waals surface area contributed by atoms with E-state index >= 15 is 0 Å². The molecule has 164 valence electrons. The van der Waals surface area contributed by atoms with Gasteiger partial charge in [-0.15, -0.1) is 0 Å². The molecule has 1 aliphatic heterocycles. The van der Waals surface area contributed by atoms with Crippen LogP contribution in [0.25, 0.3) is 0 Å². The molecule has 6 nitrogen and oxygen atoms in total. The van der Waals surface area contributed by atoms with Crippen LogP contribution in [0.5, 0.6) is 11.5 Å². The minimum atomic E-state index is -0.516. The summed E-state index contributed by atoms with van der Waals surface area (Å²) in [5.74, 6) is 0.892. The standard InChI is InChI=1S/C19H27NO5.C4H9.Li/c1-19(2,3)25-18(22)20-11-9-13(10-12-20)16(21)14-7-6-8-15(23-4)17(14)24-5;1-3-4-2;/h6-8,13H,9-12H2,1-5H3;1,3-4H2,2H3;/q;-1;+1. The summed E-state index contributed by atoms with van der Waals surface area (Å²) in [6.07, 6.45) is 3.18. The number of benzene rings is 1. The molecule has 1 aromatic rings. The molecule has 0 radical (unpaired) electrons. The quantitative estimate of drug-likeness (QED) is 0.421. The summed E-state index contributed by atoms with van der Waals surface area (Å²) in [6, 6.07) is 5.30. The predicted molar refractivity (Wildman–Crippen MR) is 115 cm³/mol. The van der Waals surface area contributed by atoms with Crippen LogP contribution in [0.2, 0.25) is 0 Å². The van der Waals surface area contributed by atoms with Gasteiger partial charge in [-0.05, 0) is 45.7 Å². The number of Topliss-reactive ketones (excluding diaryl/α,β-unsaturated/α-hetero) is 1. The average molecular weight is 413 g/mol. The van der Waals surface area contributed by atoms with Crippen molar-refractivity contribution in [3.63, 3.8) is 0 Å². The number of unbranched alkanes of at least 4 members (excludes halogenated alkanes) is 1. The van der Waals surface area contributed by atoms with E-state index in [9.17, 15) is 9.59 Å². The monoisotopic (exact) mass is 413 g/mol. The Hall–Kier alpha value is -1.64. The van der Waals surface area contributed by atoms with Crippen molar-refractivity contribution in [3.05, 3.63) is 30.7 Å². The number of amides is 1. The zero-order valence-corrected chi connectivity index (χ0v) is 19.7. The van der Waals surface area contributed by atoms with Crippen LogP contribution in [0.4, 0.5) is 4.79 Å². The number of carbonyl (C=O) groups excluding carboxylic acids is 2. The molecule has 1 saturated heterocycles. The first-order valence-electron chi connectivity index (χ1n) is 10.2. The summed E-state index contributed by atoms with van der Waals surface area (Å²) in [7, 11) is 3.07. The largest absolute Gasteiger partial charge is 1.00 e. The van der Waals surface area contributed by atoms with Gasteiger partial charge < -0.3 is 26.0 Å². The van der Waals surface area contributed by atoms with Crippen LogP contribution < -0.4 is 28.3 Å². The van der Waals surface area contributed by atoms with Crippen LogP contribution in [0.1, 0.15) is 63.7 Å². The van der Waals surface area contributed by atoms with Crippen molar-refractivity contribution in [1.29, 1.82) is 0 Å². The Morgan fingerprint density at radius 2 is 1.70 bits per heavy atom. The van der Waals surface area contributed by atoms with Crippen molar-refractivity contribution in [1.82, 2.24) is 4.90 Å². The molecule has 1 fully saturated rings. The van der Waals surface area contributed by atoms with Crippen LogP contribution in [0, 0.1) is 12.8 Å². The summed E-state index contributed by atoms with van der Waals surface area (Å²) >= 11 is 0. The Bertz CT molecular complexity index is 662. The molecule has 1 aromatic carbocycles. The Morgan fingerprint density at radius 3 is 2.13 bits per heavy atom. The topological polar surface area (TPSA) is 65.1 Å². The number of methoxy groups -OCH3 is 2. The van der Waals surface area contributed by atoms with E-state index in [1.807, 2.05) is 20.8 Å². The number of piperidine rings is 1. The van der Waals surface area contributed by atoms with Crippen LogP contribution in [-0.2, 0) is 4.74 Å². The molecule has 2 rings (SSSR count). The molecule has 0 spiro atoms. The van der Waals surface area contributed by atoms with Gasteiger partial charge in [0.2, 0.25) is 0 Å². The summed E-state index contributed by atoms with van der Waals surface area (Å²) in [6.45, 7) is 12.3. The number of rotatable bonds is 5. The van der Waals surface area contributed by atoms with Gasteiger partial charge in [0.1, 0.15) is 5.60 Å². The minimum Gasteiger partial charge on any atom is -0.493 e. The molecule has 7 heteroatoms. The third kappa shape index (κ3) is 8.61. The Morgan fingerprint density at radius 1 is 1.13 bits per heavy atom. The molecule has 0 N–H and O–H groups in total. The van der Waals surface area contributed by atoms with Crippen molar-refractivity contribution in [2.45, 2.75) is 59.0 Å². The fourth-order valence-corrected chi connectivity index (χ4v) is 2.95. The molecule has 30 heavy (non-hydrogen) atoms. The summed E-state index contributed by atoms with van der Waals surface area (Å²) in [4.78, 5) is 26.7. The number of nitrogens with zero attached hydrogens (tertiary/aromatic N) is 1. The van der Waals surface area contributed by atoms with E-state index in [1.54, 1.807) is 30.2 Å². The maximum absolute atomic E-state index is 12.9. The smallest absolute Gasteiger partial charge is 0.493 e. The normalized spacial score (nSPS) is 14.0. The van der Waals surface area contributed by atoms with Crippen molar-refractivity contribution < 1.29 is 42.7 Å². The molecule has 1 heterocycles. The van der Waals surface area contributed by atoms with Gasteiger partial charge in [0, 0.05) is 19.0 Å². The second-order valence-electron chi connectivity index (χ2n) is 8.00. The van der Waals surface area contributed by atoms with Gasteiger partial charge in [-0.1, -0.05) is 19.4 Å². The first kappa shape index (κ1) is 28.4. The van der Waals surface area contributed by atoms with E-state index in [-0.39, 0.29) is 36.7 Å². The van der Waals surface area contributed by atoms with Crippen LogP contribution in [0.3, 0.4) is 0 Å². The molecular weight excluding hydrogens is 377 g/mol. The second-order valence-corrected chi connectivity index (χ2v) is 8.00. The molecule has 1 amide bonds. The number of ketones is 1. The van der Waals surface area contributed by atoms with Gasteiger partial charge in [0.15, 0.2) is 17.3 Å². The summed E-state index contributed by atoms with van der Waals surface area (Å²) in [5.41, 5.74) is 0.00936. The SMILES string of the molecule is COc1cccc(C(=O)C2CCN(C(=O)OC(C)(C)C)CC2)c1OC.[CH2-]CCC.[Li+]. The summed E-state index contributed by atoms with van der Waals surface area (Å²) < 4.78 is 16.0. The van der Waals surface area contributed by atoms with Crippen molar-refractivity contribution in [2.75, 3.05) is 27.3 Å². The van der Waals surface area contributed by atoms with E-state index in [2.05, 4.69) is 13.8 Å². The van der Waals surface area contributed by atoms with E-state index in [4.69, 9.17) is 14.2 Å². The molecule has 0 bridgehead atoms. The number of likely N-dealkylation sites (tertiary alicyclic amines) is 1. The number of hydrogen-bond donors (Lipinski definition) is 0. The number of carbonyl (C=O) groups is 2. The van der Waals surface area contributed by atoms with Gasteiger partial charge in [0.05, 0.1) is 19.8 Å². The van der Waals surface area contributed by atoms with Crippen molar-refractivity contribution in [2.24, 2.45) is 5.92 Å². The van der Waals surface area contributed by atoms with E-state index in [1.165, 1.54) is 13.5 Å². The molecule has 0 saturated carbocycles. The van der Waals surface area contributed by atoms with Crippen LogP contribution in [-0.4, -0.2) is 49.7 Å². The molecule has 1 aliphatic rings. The first-order valence-corrected chi connectivity index (χ1v) is 10.2. The average Bonchev–Trinajstić information content (AvgIpc) is 2.71. The van der Waals surface area contributed by atoms with Crippen LogP contribution in [0.15, 0.2) is 18.2 Å².